The molecule has 0 aromatic carbocycles. The van der Waals surface area contributed by atoms with Gasteiger partial charge in [0.2, 0.25) is 11.2 Å². The Labute approximate surface area is 118 Å². The fourth-order valence-corrected chi connectivity index (χ4v) is 1.94. The molecule has 7 heteroatoms. The maximum absolute atomic E-state index is 12.1. The Morgan fingerprint density at radius 1 is 1.42 bits per heavy atom. The molecule has 1 aromatic heterocycles. The van der Waals surface area contributed by atoms with Crippen molar-refractivity contribution in [3.05, 3.63) is 11.0 Å². The number of likely N-dealkylation sites (N-methyl/N-ethyl adjacent to an activating group) is 1. The van der Waals surface area contributed by atoms with E-state index in [0.29, 0.717) is 30.3 Å². The first-order chi connectivity index (χ1) is 8.90. The van der Waals surface area contributed by atoms with E-state index in [0.717, 1.165) is 0 Å². The third-order valence-electron chi connectivity index (χ3n) is 2.91. The normalized spacial score (nSPS) is 12.1. The lowest BCUT2D eigenvalue weighted by atomic mass is 10.2. The number of carbonyl (C=O) groups is 1. The minimum absolute atomic E-state index is 0.00297. The summed E-state index contributed by atoms with van der Waals surface area (Å²) < 4.78 is 0. The predicted molar refractivity (Wildman–Crippen MR) is 77.2 cm³/mol. The first kappa shape index (κ1) is 15.5. The fraction of sp³-hybridized carbons (Fsp3) is 0.583. The van der Waals surface area contributed by atoms with Crippen molar-refractivity contribution in [1.29, 1.82) is 0 Å². The minimum Gasteiger partial charge on any atom is -0.394 e. The maximum atomic E-state index is 12.1. The number of aromatic nitrogens is 2. The number of aryl methyl sites for hydroxylation is 1. The molecule has 0 aliphatic rings. The molecule has 1 atom stereocenters. The molecular weight excluding hydrogens is 266 g/mol. The van der Waals surface area contributed by atoms with Gasteiger partial charge in [0.15, 0.2) is 5.82 Å². The molecule has 0 spiro atoms. The summed E-state index contributed by atoms with van der Waals surface area (Å²) in [6, 6.07) is -0.424. The van der Waals surface area contributed by atoms with Gasteiger partial charge in [-0.25, -0.2) is 4.98 Å². The van der Waals surface area contributed by atoms with E-state index in [2.05, 4.69) is 15.3 Å². The number of rotatable bonds is 5. The van der Waals surface area contributed by atoms with Gasteiger partial charge in [-0.3, -0.25) is 4.79 Å². The molecule has 1 aromatic rings. The summed E-state index contributed by atoms with van der Waals surface area (Å²) in [6.45, 7) is 8.72. The highest BCUT2D eigenvalue weighted by Crippen LogP contribution is 2.21. The van der Waals surface area contributed by atoms with Gasteiger partial charge in [-0.05, 0) is 39.3 Å². The van der Waals surface area contributed by atoms with Crippen molar-refractivity contribution < 1.29 is 4.79 Å². The third kappa shape index (κ3) is 3.70. The molecule has 1 heterocycles. The van der Waals surface area contributed by atoms with Crippen molar-refractivity contribution in [3.63, 3.8) is 0 Å². The van der Waals surface area contributed by atoms with Crippen LogP contribution < -0.4 is 11.1 Å². The van der Waals surface area contributed by atoms with Crippen LogP contribution in [0.1, 0.15) is 26.5 Å². The first-order valence-electron chi connectivity index (χ1n) is 6.25. The SMILES string of the molecule is CCN(CC)C(=O)C(C)Nc1nc(Cl)nc(C)c1N. The van der Waals surface area contributed by atoms with Crippen molar-refractivity contribution in [2.24, 2.45) is 0 Å². The number of anilines is 2. The topological polar surface area (TPSA) is 84.1 Å². The van der Waals surface area contributed by atoms with Gasteiger partial charge in [0, 0.05) is 13.1 Å². The van der Waals surface area contributed by atoms with E-state index < -0.39 is 6.04 Å². The second-order valence-corrected chi connectivity index (χ2v) is 4.55. The predicted octanol–water partition coefficient (Wildman–Crippen LogP) is 1.69. The van der Waals surface area contributed by atoms with Gasteiger partial charge in [0.1, 0.15) is 6.04 Å². The number of nitrogens with two attached hydrogens (primary N) is 1. The van der Waals surface area contributed by atoms with Crippen molar-refractivity contribution in [3.8, 4) is 0 Å². The van der Waals surface area contributed by atoms with Gasteiger partial charge < -0.3 is 16.0 Å². The first-order valence-corrected chi connectivity index (χ1v) is 6.63. The van der Waals surface area contributed by atoms with Crippen LogP contribution in [0.3, 0.4) is 0 Å². The molecule has 0 aliphatic heterocycles. The zero-order valence-corrected chi connectivity index (χ0v) is 12.5. The van der Waals surface area contributed by atoms with E-state index >= 15 is 0 Å². The van der Waals surface area contributed by atoms with Crippen LogP contribution in [0.15, 0.2) is 0 Å². The van der Waals surface area contributed by atoms with E-state index in [1.165, 1.54) is 0 Å². The van der Waals surface area contributed by atoms with E-state index in [9.17, 15) is 4.79 Å². The van der Waals surface area contributed by atoms with E-state index in [-0.39, 0.29) is 11.2 Å². The summed E-state index contributed by atoms with van der Waals surface area (Å²) in [7, 11) is 0. The van der Waals surface area contributed by atoms with Crippen molar-refractivity contribution in [2.75, 3.05) is 24.1 Å². The van der Waals surface area contributed by atoms with Gasteiger partial charge in [0.05, 0.1) is 11.4 Å². The third-order valence-corrected chi connectivity index (χ3v) is 3.08. The molecule has 106 valence electrons. The maximum Gasteiger partial charge on any atom is 0.244 e. The summed E-state index contributed by atoms with van der Waals surface area (Å²) in [5, 5.41) is 3.10. The average molecular weight is 286 g/mol. The van der Waals surface area contributed by atoms with Crippen molar-refractivity contribution in [2.45, 2.75) is 33.7 Å². The zero-order valence-electron chi connectivity index (χ0n) is 11.7. The molecule has 1 rings (SSSR count). The Morgan fingerprint density at radius 3 is 2.53 bits per heavy atom. The lowest BCUT2D eigenvalue weighted by Crippen LogP contribution is -2.41. The lowest BCUT2D eigenvalue weighted by molar-refractivity contribution is -0.131. The van der Waals surface area contributed by atoms with Crippen LogP contribution in [0.2, 0.25) is 5.28 Å². The molecule has 19 heavy (non-hydrogen) atoms. The number of hydrogen-bond acceptors (Lipinski definition) is 5. The fourth-order valence-electron chi connectivity index (χ4n) is 1.73. The number of nitrogens with one attached hydrogen (secondary N) is 1. The standard InChI is InChI=1S/C12H20ClN5O/c1-5-18(6-2)11(19)8(4)15-10-9(14)7(3)16-12(13)17-10/h8H,5-6,14H2,1-4H3,(H,15,16,17). The Bertz CT molecular complexity index is 462. The molecule has 0 fully saturated rings. The van der Waals surface area contributed by atoms with Gasteiger partial charge in [-0.1, -0.05) is 0 Å². The van der Waals surface area contributed by atoms with Crippen LogP contribution in [0.4, 0.5) is 11.5 Å². The smallest absolute Gasteiger partial charge is 0.244 e. The summed E-state index contributed by atoms with van der Waals surface area (Å²) in [4.78, 5) is 21.8. The molecule has 3 N–H and O–H groups in total. The van der Waals surface area contributed by atoms with Gasteiger partial charge >= 0.3 is 0 Å². The Hall–Kier alpha value is -1.56. The molecule has 0 bridgehead atoms. The largest absolute Gasteiger partial charge is 0.394 e. The summed E-state index contributed by atoms with van der Waals surface area (Å²) >= 11 is 5.79. The van der Waals surface area contributed by atoms with Crippen molar-refractivity contribution >= 4 is 29.0 Å². The number of nitrogen functional groups attached to an aromatic ring is 1. The second kappa shape index (κ2) is 6.56. The van der Waals surface area contributed by atoms with Gasteiger partial charge in [-0.2, -0.15) is 4.98 Å². The zero-order chi connectivity index (χ0) is 14.6. The van der Waals surface area contributed by atoms with Crippen LogP contribution in [-0.2, 0) is 4.79 Å². The summed E-state index contributed by atoms with van der Waals surface area (Å²) in [5.41, 5.74) is 6.86. The van der Waals surface area contributed by atoms with Gasteiger partial charge in [0.25, 0.3) is 0 Å². The molecule has 0 aliphatic carbocycles. The van der Waals surface area contributed by atoms with Gasteiger partial charge in [-0.15, -0.1) is 0 Å². The number of nitrogens with zero attached hydrogens (tertiary/aromatic N) is 3. The molecule has 0 saturated carbocycles. The number of amides is 1. The monoisotopic (exact) mass is 285 g/mol. The van der Waals surface area contributed by atoms with Crippen molar-refractivity contribution in [1.82, 2.24) is 14.9 Å². The lowest BCUT2D eigenvalue weighted by Gasteiger charge is -2.24. The van der Waals surface area contributed by atoms with Crippen LogP contribution in [0.5, 0.6) is 0 Å². The highest BCUT2D eigenvalue weighted by atomic mass is 35.5. The van der Waals surface area contributed by atoms with Crippen LogP contribution in [0.25, 0.3) is 0 Å². The summed E-state index contributed by atoms with van der Waals surface area (Å²) in [5.74, 6) is 0.391. The van der Waals surface area contributed by atoms with E-state index in [1.807, 2.05) is 13.8 Å². The van der Waals surface area contributed by atoms with Crippen LogP contribution in [0, 0.1) is 6.92 Å². The average Bonchev–Trinajstić information content (AvgIpc) is 2.36. The number of hydrogen-bond donors (Lipinski definition) is 2. The van der Waals surface area contributed by atoms with Crippen LogP contribution in [-0.4, -0.2) is 39.9 Å². The van der Waals surface area contributed by atoms with Crippen LogP contribution >= 0.6 is 11.6 Å². The highest BCUT2D eigenvalue weighted by Gasteiger charge is 2.20. The molecule has 6 nitrogen and oxygen atoms in total. The second-order valence-electron chi connectivity index (χ2n) is 4.22. The minimum atomic E-state index is -0.424. The Balaban J connectivity index is 2.88. The van der Waals surface area contributed by atoms with E-state index in [1.54, 1.807) is 18.7 Å². The Kier molecular flexibility index (Phi) is 5.35. The molecular formula is C12H20ClN5O. The Morgan fingerprint density at radius 2 is 2.00 bits per heavy atom. The number of carbonyl (C=O) groups excluding carboxylic acids is 1. The molecule has 0 saturated heterocycles. The van der Waals surface area contributed by atoms with E-state index in [4.69, 9.17) is 17.3 Å². The summed E-state index contributed by atoms with van der Waals surface area (Å²) in [6.07, 6.45) is 0. The molecule has 1 amide bonds. The molecule has 1 unspecified atom stereocenters. The highest BCUT2D eigenvalue weighted by molar-refractivity contribution is 6.28. The molecule has 0 radical (unpaired) electrons. The number of halogens is 1. The quantitative estimate of drug-likeness (QED) is 0.804.